The molecule has 0 saturated carbocycles. The number of ether oxygens (including phenoxy) is 1. The molecular weight excluding hydrogens is 412 g/mol. The van der Waals surface area contributed by atoms with Crippen LogP contribution in [0.15, 0.2) is 24.3 Å². The highest BCUT2D eigenvalue weighted by atomic mass is 32.1. The van der Waals surface area contributed by atoms with Crippen LogP contribution in [0.5, 0.6) is 0 Å². The van der Waals surface area contributed by atoms with E-state index >= 15 is 0 Å². The highest BCUT2D eigenvalue weighted by Gasteiger charge is 2.34. The zero-order valence-electron chi connectivity index (χ0n) is 18.8. The topological polar surface area (TPSA) is 84.5 Å². The monoisotopic (exact) mass is 442 g/mol. The number of carbonyl (C=O) groups is 3. The Morgan fingerprint density at radius 2 is 1.87 bits per heavy atom. The fourth-order valence-corrected chi connectivity index (χ4v) is 5.27. The molecule has 1 aromatic heterocycles. The van der Waals surface area contributed by atoms with Crippen LogP contribution in [0.4, 0.5) is 10.7 Å². The molecule has 0 spiro atoms. The molecule has 6 nitrogen and oxygen atoms in total. The van der Waals surface area contributed by atoms with E-state index in [1.807, 2.05) is 0 Å². The quantitative estimate of drug-likeness (QED) is 0.617. The number of hydrogen-bond acceptors (Lipinski definition) is 5. The van der Waals surface area contributed by atoms with Gasteiger partial charge in [-0.15, -0.1) is 11.3 Å². The van der Waals surface area contributed by atoms with Crippen LogP contribution < -0.4 is 10.6 Å². The van der Waals surface area contributed by atoms with Gasteiger partial charge in [-0.25, -0.2) is 4.79 Å². The summed E-state index contributed by atoms with van der Waals surface area (Å²) < 4.78 is 4.83. The van der Waals surface area contributed by atoms with Gasteiger partial charge in [-0.1, -0.05) is 39.8 Å². The summed E-state index contributed by atoms with van der Waals surface area (Å²) >= 11 is 1.50. The molecule has 0 fully saturated rings. The molecule has 166 valence electrons. The molecule has 2 N–H and O–H groups in total. The number of nitrogens with one attached hydrogen (secondary N) is 2. The Morgan fingerprint density at radius 1 is 1.16 bits per heavy atom. The van der Waals surface area contributed by atoms with Gasteiger partial charge in [0.25, 0.3) is 5.91 Å². The minimum Gasteiger partial charge on any atom is -0.465 e. The van der Waals surface area contributed by atoms with E-state index in [9.17, 15) is 14.4 Å². The largest absolute Gasteiger partial charge is 0.465 e. The van der Waals surface area contributed by atoms with Crippen molar-refractivity contribution in [3.63, 3.8) is 0 Å². The highest BCUT2D eigenvalue weighted by molar-refractivity contribution is 7.17. The van der Waals surface area contributed by atoms with Crippen LogP contribution in [0, 0.1) is 11.3 Å². The number of anilines is 2. The zero-order chi connectivity index (χ0) is 22.8. The Kier molecular flexibility index (Phi) is 6.84. The number of carbonyl (C=O) groups excluding carboxylic acids is 3. The van der Waals surface area contributed by atoms with Crippen molar-refractivity contribution in [1.82, 2.24) is 0 Å². The van der Waals surface area contributed by atoms with Gasteiger partial charge in [0.2, 0.25) is 5.91 Å². The molecule has 1 aliphatic carbocycles. The summed E-state index contributed by atoms with van der Waals surface area (Å²) in [5, 5.41) is 6.36. The fourth-order valence-electron chi connectivity index (χ4n) is 3.93. The van der Waals surface area contributed by atoms with Gasteiger partial charge in [0.05, 0.1) is 23.9 Å². The van der Waals surface area contributed by atoms with Crippen LogP contribution in [-0.2, 0) is 22.4 Å². The normalized spacial score (nSPS) is 15.7. The number of thiophene rings is 1. The van der Waals surface area contributed by atoms with Crippen molar-refractivity contribution in [3.05, 3.63) is 45.8 Å². The van der Waals surface area contributed by atoms with E-state index in [1.165, 1.54) is 18.4 Å². The third-order valence-corrected chi connectivity index (χ3v) is 7.04. The lowest BCUT2D eigenvalue weighted by Gasteiger charge is -2.33. The standard InChI is InChI=1S/C24H30N2O4S/c1-6-19(27)26-22-20(16-12-11-14(24(2,3)4)13-18(16)31-22)21(28)25-17-10-8-7-9-15(17)23(29)30-5/h7-10,14H,6,11-13H2,1-5H3,(H,25,28)(H,26,27)/t14-/m0/s1. The third-order valence-electron chi connectivity index (χ3n) is 5.87. The lowest BCUT2D eigenvalue weighted by molar-refractivity contribution is -0.115. The minimum absolute atomic E-state index is 0.130. The van der Waals surface area contributed by atoms with Crippen molar-refractivity contribution in [3.8, 4) is 0 Å². The summed E-state index contributed by atoms with van der Waals surface area (Å²) in [4.78, 5) is 38.8. The number of benzene rings is 1. The Balaban J connectivity index is 1.98. The molecule has 1 aromatic carbocycles. The summed E-state index contributed by atoms with van der Waals surface area (Å²) in [6.45, 7) is 8.51. The zero-order valence-corrected chi connectivity index (χ0v) is 19.6. The first-order valence-electron chi connectivity index (χ1n) is 10.6. The summed E-state index contributed by atoms with van der Waals surface area (Å²) in [6, 6.07) is 6.74. The lowest BCUT2D eigenvalue weighted by Crippen LogP contribution is -2.27. The Morgan fingerprint density at radius 3 is 2.52 bits per heavy atom. The van der Waals surface area contributed by atoms with Gasteiger partial charge in [-0.2, -0.15) is 0 Å². The predicted octanol–water partition coefficient (Wildman–Crippen LogP) is 5.29. The number of para-hydroxylation sites is 1. The molecular formula is C24H30N2O4S. The van der Waals surface area contributed by atoms with Crippen LogP contribution in [0.3, 0.4) is 0 Å². The average Bonchev–Trinajstić information content (AvgIpc) is 3.09. The molecule has 0 aliphatic heterocycles. The molecule has 0 bridgehead atoms. The van der Waals surface area contributed by atoms with Crippen molar-refractivity contribution in [2.45, 2.75) is 53.4 Å². The van der Waals surface area contributed by atoms with Crippen LogP contribution in [0.2, 0.25) is 0 Å². The molecule has 0 unspecified atom stereocenters. The van der Waals surface area contributed by atoms with Crippen LogP contribution in [-0.4, -0.2) is 24.9 Å². The Hall–Kier alpha value is -2.67. The van der Waals surface area contributed by atoms with E-state index in [4.69, 9.17) is 4.74 Å². The second kappa shape index (κ2) is 9.22. The van der Waals surface area contributed by atoms with Crippen molar-refractivity contribution in [2.24, 2.45) is 11.3 Å². The van der Waals surface area contributed by atoms with E-state index < -0.39 is 5.97 Å². The third kappa shape index (κ3) is 4.98. The Bertz CT molecular complexity index is 1000. The second-order valence-electron chi connectivity index (χ2n) is 8.91. The number of esters is 1. The van der Waals surface area contributed by atoms with Gasteiger partial charge in [0.1, 0.15) is 5.00 Å². The smallest absolute Gasteiger partial charge is 0.339 e. The molecule has 1 aliphatic rings. The molecule has 31 heavy (non-hydrogen) atoms. The number of rotatable bonds is 5. The van der Waals surface area contributed by atoms with Gasteiger partial charge in [-0.05, 0) is 48.3 Å². The second-order valence-corrected chi connectivity index (χ2v) is 10.0. The SMILES string of the molecule is CCC(=O)Nc1sc2c(c1C(=O)Nc1ccccc1C(=O)OC)CC[C@H](C(C)(C)C)C2. The summed E-state index contributed by atoms with van der Waals surface area (Å²) in [5.74, 6) is -0.454. The highest BCUT2D eigenvalue weighted by Crippen LogP contribution is 2.44. The molecule has 2 aromatic rings. The fraction of sp³-hybridized carbons (Fsp3) is 0.458. The summed E-state index contributed by atoms with van der Waals surface area (Å²) in [5.41, 5.74) is 2.36. The maximum absolute atomic E-state index is 13.4. The Labute approximate surface area is 187 Å². The molecule has 1 heterocycles. The van der Waals surface area contributed by atoms with Gasteiger partial charge >= 0.3 is 5.97 Å². The number of amides is 2. The molecule has 1 atom stereocenters. The van der Waals surface area contributed by atoms with E-state index in [-0.39, 0.29) is 22.8 Å². The van der Waals surface area contributed by atoms with Crippen LogP contribution in [0.25, 0.3) is 0 Å². The van der Waals surface area contributed by atoms with E-state index in [2.05, 4.69) is 31.4 Å². The molecule has 0 radical (unpaired) electrons. The van der Waals surface area contributed by atoms with E-state index in [0.717, 1.165) is 29.7 Å². The number of fused-ring (bicyclic) bond motifs is 1. The van der Waals surface area contributed by atoms with Crippen LogP contribution in [0.1, 0.15) is 71.7 Å². The first-order valence-corrected chi connectivity index (χ1v) is 11.4. The van der Waals surface area contributed by atoms with Crippen molar-refractivity contribution in [1.29, 1.82) is 0 Å². The van der Waals surface area contributed by atoms with Crippen LogP contribution >= 0.6 is 11.3 Å². The van der Waals surface area contributed by atoms with Crippen molar-refractivity contribution < 1.29 is 19.1 Å². The van der Waals surface area contributed by atoms with Gasteiger partial charge in [-0.3, -0.25) is 9.59 Å². The lowest BCUT2D eigenvalue weighted by atomic mass is 9.72. The molecule has 7 heteroatoms. The molecule has 0 saturated heterocycles. The van der Waals surface area contributed by atoms with Crippen molar-refractivity contribution >= 4 is 39.8 Å². The number of methoxy groups -OCH3 is 1. The molecule has 3 rings (SSSR count). The molecule has 2 amide bonds. The number of hydrogen-bond donors (Lipinski definition) is 2. The van der Waals surface area contributed by atoms with Crippen molar-refractivity contribution in [2.75, 3.05) is 17.7 Å². The predicted molar refractivity (Wildman–Crippen MR) is 124 cm³/mol. The summed E-state index contributed by atoms with van der Waals surface area (Å²) in [6.07, 6.45) is 3.01. The van der Waals surface area contributed by atoms with Gasteiger partial charge < -0.3 is 15.4 Å². The van der Waals surface area contributed by atoms with E-state index in [1.54, 1.807) is 31.2 Å². The first-order chi connectivity index (χ1) is 14.7. The first kappa shape index (κ1) is 23.0. The maximum Gasteiger partial charge on any atom is 0.339 e. The summed E-state index contributed by atoms with van der Waals surface area (Å²) in [7, 11) is 1.31. The minimum atomic E-state index is -0.518. The average molecular weight is 443 g/mol. The van der Waals surface area contributed by atoms with Gasteiger partial charge in [0, 0.05) is 11.3 Å². The van der Waals surface area contributed by atoms with Gasteiger partial charge in [0.15, 0.2) is 0 Å². The van der Waals surface area contributed by atoms with E-state index in [0.29, 0.717) is 28.6 Å². The maximum atomic E-state index is 13.4.